The molecule has 0 atom stereocenters. The van der Waals surface area contributed by atoms with E-state index >= 15 is 0 Å². The molecular weight excluding hydrogens is 485 g/mol. The summed E-state index contributed by atoms with van der Waals surface area (Å²) in [6, 6.07) is 2.37. The number of alkyl halides is 3. The molecule has 0 radical (unpaired) electrons. The van der Waals surface area contributed by atoms with Gasteiger partial charge in [0.1, 0.15) is 11.6 Å². The lowest BCUT2D eigenvalue weighted by atomic mass is 10.0. The zero-order valence-corrected chi connectivity index (χ0v) is 20.4. The number of aromatic nitrogens is 3. The van der Waals surface area contributed by atoms with E-state index in [4.69, 9.17) is 9.97 Å². The fourth-order valence-electron chi connectivity index (χ4n) is 5.08. The summed E-state index contributed by atoms with van der Waals surface area (Å²) in [6.45, 7) is 2.42. The second-order valence-corrected chi connectivity index (χ2v) is 9.52. The quantitative estimate of drug-likeness (QED) is 0.599. The van der Waals surface area contributed by atoms with Gasteiger partial charge in [-0.2, -0.15) is 18.2 Å². The normalized spacial score (nSPS) is 18.5. The fraction of sp³-hybridized carbons (Fsp3) is 0.462. The predicted octanol–water partition coefficient (Wildman–Crippen LogP) is 4.59. The zero-order chi connectivity index (χ0) is 26.0. The molecule has 8 nitrogen and oxygen atoms in total. The first-order valence-electron chi connectivity index (χ1n) is 12.6. The highest BCUT2D eigenvalue weighted by molar-refractivity contribution is 5.87. The Morgan fingerprint density at radius 1 is 0.946 bits per heavy atom. The van der Waals surface area contributed by atoms with E-state index in [9.17, 15) is 23.1 Å². The molecule has 0 bridgehead atoms. The standard InChI is InChI=1S/C26H29F3N6O2/c27-26(28,29)20-5-4-12-30-23(20)34-15-10-19-21(11-16-34)32-25(35-13-2-1-3-14-35)33-22(19)31-18-8-6-17(7-9-18)24(36)37/h4-6,8,12H,1-3,7,9-11,13-16H2,(H,36,37)(H,31,32,33). The topological polar surface area (TPSA) is 94.5 Å². The van der Waals surface area contributed by atoms with Crippen LogP contribution in [0.4, 0.5) is 30.8 Å². The molecule has 196 valence electrons. The van der Waals surface area contributed by atoms with E-state index in [1.165, 1.54) is 12.3 Å². The smallest absolute Gasteiger partial charge is 0.419 e. The van der Waals surface area contributed by atoms with E-state index in [2.05, 4.69) is 15.2 Å². The van der Waals surface area contributed by atoms with Crippen molar-refractivity contribution in [2.45, 2.75) is 51.1 Å². The van der Waals surface area contributed by atoms with Crippen LogP contribution < -0.4 is 15.1 Å². The van der Waals surface area contributed by atoms with Crippen LogP contribution in [0.2, 0.25) is 0 Å². The van der Waals surface area contributed by atoms with Crippen LogP contribution in [-0.4, -0.2) is 52.2 Å². The molecule has 1 fully saturated rings. The molecule has 4 heterocycles. The maximum Gasteiger partial charge on any atom is 0.419 e. The third-order valence-corrected chi connectivity index (χ3v) is 7.06. The van der Waals surface area contributed by atoms with Gasteiger partial charge in [-0.05, 0) is 56.7 Å². The van der Waals surface area contributed by atoms with Crippen LogP contribution in [0.5, 0.6) is 0 Å². The highest BCUT2D eigenvalue weighted by atomic mass is 19.4. The Morgan fingerprint density at radius 2 is 1.73 bits per heavy atom. The Labute approximate surface area is 212 Å². The predicted molar refractivity (Wildman–Crippen MR) is 134 cm³/mol. The molecule has 0 amide bonds. The van der Waals surface area contributed by atoms with E-state index in [-0.39, 0.29) is 5.82 Å². The van der Waals surface area contributed by atoms with Crippen molar-refractivity contribution in [1.29, 1.82) is 0 Å². The summed E-state index contributed by atoms with van der Waals surface area (Å²) >= 11 is 0. The number of allylic oxidation sites excluding steroid dienone is 3. The van der Waals surface area contributed by atoms with Crippen LogP contribution in [0.25, 0.3) is 0 Å². The van der Waals surface area contributed by atoms with E-state index in [0.717, 1.165) is 55.4 Å². The summed E-state index contributed by atoms with van der Waals surface area (Å²) in [5.41, 5.74) is 2.16. The number of anilines is 3. The third-order valence-electron chi connectivity index (χ3n) is 7.06. The second kappa shape index (κ2) is 10.4. The van der Waals surface area contributed by atoms with Crippen LogP contribution in [-0.2, 0) is 23.8 Å². The number of rotatable bonds is 5. The van der Waals surface area contributed by atoms with Crippen molar-refractivity contribution in [3.05, 3.63) is 58.6 Å². The van der Waals surface area contributed by atoms with Gasteiger partial charge in [0.2, 0.25) is 5.95 Å². The summed E-state index contributed by atoms with van der Waals surface area (Å²) in [7, 11) is 0. The number of carbonyl (C=O) groups is 1. The van der Waals surface area contributed by atoms with E-state index < -0.39 is 17.7 Å². The molecule has 2 aliphatic heterocycles. The lowest BCUT2D eigenvalue weighted by molar-refractivity contribution is -0.137. The van der Waals surface area contributed by atoms with Gasteiger partial charge < -0.3 is 20.2 Å². The average molecular weight is 515 g/mol. The van der Waals surface area contributed by atoms with Gasteiger partial charge in [0.25, 0.3) is 0 Å². The maximum atomic E-state index is 13.7. The summed E-state index contributed by atoms with van der Waals surface area (Å²) in [5, 5.41) is 12.6. The van der Waals surface area contributed by atoms with E-state index in [1.807, 2.05) is 0 Å². The third kappa shape index (κ3) is 5.55. The molecule has 2 aromatic heterocycles. The van der Waals surface area contributed by atoms with E-state index in [0.29, 0.717) is 56.1 Å². The van der Waals surface area contributed by atoms with Crippen molar-refractivity contribution in [2.24, 2.45) is 0 Å². The number of halogens is 3. The minimum Gasteiger partial charge on any atom is -0.478 e. The summed E-state index contributed by atoms with van der Waals surface area (Å²) in [4.78, 5) is 28.9. The number of carboxylic acids is 1. The van der Waals surface area contributed by atoms with Crippen LogP contribution in [0, 0.1) is 0 Å². The number of piperidine rings is 1. The van der Waals surface area contributed by atoms with Gasteiger partial charge in [-0.1, -0.05) is 6.08 Å². The lowest BCUT2D eigenvalue weighted by Gasteiger charge is -2.28. The summed E-state index contributed by atoms with van der Waals surface area (Å²) in [5.74, 6) is 0.276. The minimum atomic E-state index is -4.49. The van der Waals surface area contributed by atoms with Gasteiger partial charge in [-0.15, -0.1) is 0 Å². The Hall–Kier alpha value is -3.63. The molecule has 0 unspecified atom stereocenters. The van der Waals surface area contributed by atoms with Crippen molar-refractivity contribution in [3.63, 3.8) is 0 Å². The van der Waals surface area contributed by atoms with E-state index in [1.54, 1.807) is 17.1 Å². The SMILES string of the molecule is O=C(O)C1=CC=C(Nc2nc(N3CCCCC3)nc3c2CCN(c2ncccc2C(F)(F)F)CC3)CC1. The summed E-state index contributed by atoms with van der Waals surface area (Å²) < 4.78 is 41.0. The maximum absolute atomic E-state index is 13.7. The molecule has 1 saturated heterocycles. The van der Waals surface area contributed by atoms with Gasteiger partial charge in [0, 0.05) is 55.6 Å². The first kappa shape index (κ1) is 25.0. The monoisotopic (exact) mass is 514 g/mol. The van der Waals surface area contributed by atoms with Gasteiger partial charge in [0.05, 0.1) is 11.3 Å². The van der Waals surface area contributed by atoms with Crippen molar-refractivity contribution in [1.82, 2.24) is 15.0 Å². The molecule has 0 aromatic carbocycles. The Bertz CT molecular complexity index is 1240. The van der Waals surface area contributed by atoms with Gasteiger partial charge in [-0.3, -0.25) is 0 Å². The number of carboxylic acid groups (broad SMARTS) is 1. The highest BCUT2D eigenvalue weighted by Gasteiger charge is 2.36. The molecule has 11 heteroatoms. The molecular formula is C26H29F3N6O2. The Kier molecular flexibility index (Phi) is 7.03. The van der Waals surface area contributed by atoms with Crippen LogP contribution in [0.15, 0.2) is 41.8 Å². The molecule has 3 aliphatic rings. The molecule has 1 aliphatic carbocycles. The van der Waals surface area contributed by atoms with Crippen LogP contribution in [0.1, 0.15) is 48.9 Å². The van der Waals surface area contributed by atoms with Gasteiger partial charge >= 0.3 is 12.1 Å². The molecule has 0 spiro atoms. The molecule has 0 saturated carbocycles. The summed E-state index contributed by atoms with van der Waals surface area (Å²) in [6.07, 6.45) is 5.39. The van der Waals surface area contributed by atoms with Gasteiger partial charge in [-0.25, -0.2) is 14.8 Å². The van der Waals surface area contributed by atoms with Crippen LogP contribution >= 0.6 is 0 Å². The minimum absolute atomic E-state index is 0.0668. The van der Waals surface area contributed by atoms with Crippen LogP contribution in [0.3, 0.4) is 0 Å². The van der Waals surface area contributed by atoms with Crippen molar-refractivity contribution < 1.29 is 23.1 Å². The average Bonchev–Trinajstić information content (AvgIpc) is 3.12. The molecule has 5 rings (SSSR count). The molecule has 2 N–H and O–H groups in total. The fourth-order valence-corrected chi connectivity index (χ4v) is 5.08. The second-order valence-electron chi connectivity index (χ2n) is 9.52. The molecule has 2 aromatic rings. The van der Waals surface area contributed by atoms with Crippen molar-refractivity contribution in [2.75, 3.05) is 41.3 Å². The number of nitrogens with zero attached hydrogens (tertiary/aromatic N) is 5. The number of nitrogens with one attached hydrogen (secondary N) is 1. The number of hydrogen-bond donors (Lipinski definition) is 2. The number of aliphatic carboxylic acids is 1. The Morgan fingerprint density at radius 3 is 2.43 bits per heavy atom. The molecule has 37 heavy (non-hydrogen) atoms. The number of pyridine rings is 1. The first-order chi connectivity index (χ1) is 17.8. The number of hydrogen-bond acceptors (Lipinski definition) is 7. The lowest BCUT2D eigenvalue weighted by Crippen LogP contribution is -2.31. The largest absolute Gasteiger partial charge is 0.478 e. The number of fused-ring (bicyclic) bond motifs is 1. The van der Waals surface area contributed by atoms with Crippen molar-refractivity contribution in [3.8, 4) is 0 Å². The highest BCUT2D eigenvalue weighted by Crippen LogP contribution is 2.36. The van der Waals surface area contributed by atoms with Crippen molar-refractivity contribution >= 4 is 23.6 Å². The first-order valence-corrected chi connectivity index (χ1v) is 12.6. The Balaban J connectivity index is 1.47. The zero-order valence-electron chi connectivity index (χ0n) is 20.4. The van der Waals surface area contributed by atoms with Gasteiger partial charge in [0.15, 0.2) is 0 Å².